The minimum Gasteiger partial charge on any atom is -0.334 e. The van der Waals surface area contributed by atoms with Crippen LogP contribution in [0.25, 0.3) is 0 Å². The van der Waals surface area contributed by atoms with Crippen molar-refractivity contribution in [2.45, 2.75) is 6.92 Å². The van der Waals surface area contributed by atoms with Crippen LogP contribution in [0.4, 0.5) is 37.6 Å². The number of amides is 1. The number of rotatable bonds is 5. The van der Waals surface area contributed by atoms with Gasteiger partial charge in [0.25, 0.3) is 0 Å². The number of anilines is 5. The van der Waals surface area contributed by atoms with Crippen molar-refractivity contribution in [3.05, 3.63) is 60.3 Å². The van der Waals surface area contributed by atoms with E-state index >= 15 is 0 Å². The van der Waals surface area contributed by atoms with E-state index in [0.717, 1.165) is 12.1 Å². The van der Waals surface area contributed by atoms with Crippen LogP contribution in [-0.2, 0) is 4.79 Å². The van der Waals surface area contributed by atoms with Crippen LogP contribution in [0.1, 0.15) is 6.92 Å². The summed E-state index contributed by atoms with van der Waals surface area (Å²) in [5.41, 5.74) is 0.973. The van der Waals surface area contributed by atoms with Gasteiger partial charge in [-0.3, -0.25) is 4.79 Å². The molecule has 0 radical (unpaired) electrons. The second-order valence-electron chi connectivity index (χ2n) is 5.27. The molecule has 1 amide bonds. The largest absolute Gasteiger partial charge is 0.334 e. The van der Waals surface area contributed by atoms with Gasteiger partial charge in [-0.1, -0.05) is 6.07 Å². The number of benzene rings is 2. The number of para-hydroxylation sites is 1. The van der Waals surface area contributed by atoms with Crippen LogP contribution in [0.3, 0.4) is 0 Å². The van der Waals surface area contributed by atoms with Crippen LogP contribution in [0, 0.1) is 11.6 Å². The molecule has 0 spiro atoms. The summed E-state index contributed by atoms with van der Waals surface area (Å²) in [6.07, 6.45) is 1.25. The van der Waals surface area contributed by atoms with Gasteiger partial charge < -0.3 is 16.0 Å². The zero-order valence-corrected chi connectivity index (χ0v) is 13.6. The molecule has 0 aliphatic rings. The molecule has 0 atom stereocenters. The SMILES string of the molecule is CC(=O)Nc1ccc(Nc2nncc(Nc3c(F)cccc3F)n2)cc1. The molecule has 0 saturated heterocycles. The number of hydrogen-bond donors (Lipinski definition) is 3. The van der Waals surface area contributed by atoms with E-state index in [0.29, 0.717) is 11.4 Å². The first-order chi connectivity index (χ1) is 12.5. The topological polar surface area (TPSA) is 91.8 Å². The van der Waals surface area contributed by atoms with Crippen molar-refractivity contribution >= 4 is 34.7 Å². The number of aromatic nitrogens is 3. The Morgan fingerprint density at radius 2 is 1.62 bits per heavy atom. The van der Waals surface area contributed by atoms with Crippen molar-refractivity contribution in [2.24, 2.45) is 0 Å². The fraction of sp³-hybridized carbons (Fsp3) is 0.0588. The van der Waals surface area contributed by atoms with E-state index in [1.165, 1.54) is 19.2 Å². The van der Waals surface area contributed by atoms with Gasteiger partial charge in [-0.15, -0.1) is 5.10 Å². The number of nitrogens with one attached hydrogen (secondary N) is 3. The molecule has 7 nitrogen and oxygen atoms in total. The summed E-state index contributed by atoms with van der Waals surface area (Å²) in [5, 5.41) is 15.7. The zero-order chi connectivity index (χ0) is 18.5. The van der Waals surface area contributed by atoms with E-state index in [1.54, 1.807) is 24.3 Å². The van der Waals surface area contributed by atoms with Gasteiger partial charge in [-0.05, 0) is 36.4 Å². The Morgan fingerprint density at radius 3 is 2.27 bits per heavy atom. The standard InChI is InChI=1S/C17H14F2N6O/c1-10(26)21-11-5-7-12(8-6-11)22-17-24-15(9-20-25-17)23-16-13(18)3-2-4-14(16)19/h2-9H,1H3,(H,21,26)(H2,22,23,24,25). The summed E-state index contributed by atoms with van der Waals surface area (Å²) in [6, 6.07) is 10.4. The average Bonchev–Trinajstić information content (AvgIpc) is 2.60. The molecule has 0 aliphatic carbocycles. The molecular formula is C17H14F2N6O. The Hall–Kier alpha value is -3.62. The Bertz CT molecular complexity index is 913. The third-order valence-corrected chi connectivity index (χ3v) is 3.24. The molecule has 2 aromatic carbocycles. The molecule has 0 unspecified atom stereocenters. The molecule has 3 N–H and O–H groups in total. The first-order valence-electron chi connectivity index (χ1n) is 7.57. The first kappa shape index (κ1) is 17.2. The van der Waals surface area contributed by atoms with Gasteiger partial charge in [-0.2, -0.15) is 10.1 Å². The Labute approximate surface area is 147 Å². The lowest BCUT2D eigenvalue weighted by Crippen LogP contribution is -2.06. The normalized spacial score (nSPS) is 10.3. The molecule has 1 aromatic heterocycles. The van der Waals surface area contributed by atoms with E-state index in [2.05, 4.69) is 31.1 Å². The van der Waals surface area contributed by atoms with Gasteiger partial charge in [-0.25, -0.2) is 8.78 Å². The van der Waals surface area contributed by atoms with Gasteiger partial charge in [0, 0.05) is 18.3 Å². The van der Waals surface area contributed by atoms with Crippen molar-refractivity contribution in [1.82, 2.24) is 15.2 Å². The smallest absolute Gasteiger partial charge is 0.249 e. The van der Waals surface area contributed by atoms with Gasteiger partial charge in [0.05, 0.1) is 6.20 Å². The van der Waals surface area contributed by atoms with Crippen LogP contribution in [0.5, 0.6) is 0 Å². The van der Waals surface area contributed by atoms with E-state index in [4.69, 9.17) is 0 Å². The van der Waals surface area contributed by atoms with Crippen molar-refractivity contribution < 1.29 is 13.6 Å². The van der Waals surface area contributed by atoms with Gasteiger partial charge in [0.2, 0.25) is 11.9 Å². The molecule has 9 heteroatoms. The van der Waals surface area contributed by atoms with E-state index in [1.807, 2.05) is 0 Å². The van der Waals surface area contributed by atoms with Crippen molar-refractivity contribution in [3.8, 4) is 0 Å². The minimum atomic E-state index is -0.744. The third-order valence-electron chi connectivity index (χ3n) is 3.24. The quantitative estimate of drug-likeness (QED) is 0.647. The maximum atomic E-state index is 13.7. The van der Waals surface area contributed by atoms with Crippen molar-refractivity contribution in [3.63, 3.8) is 0 Å². The molecule has 1 heterocycles. The average molecular weight is 356 g/mol. The zero-order valence-electron chi connectivity index (χ0n) is 13.6. The van der Waals surface area contributed by atoms with Gasteiger partial charge in [0.15, 0.2) is 5.82 Å². The predicted molar refractivity (Wildman–Crippen MR) is 93.5 cm³/mol. The Balaban J connectivity index is 1.74. The van der Waals surface area contributed by atoms with Crippen LogP contribution in [-0.4, -0.2) is 21.1 Å². The van der Waals surface area contributed by atoms with Crippen molar-refractivity contribution in [2.75, 3.05) is 16.0 Å². The second-order valence-corrected chi connectivity index (χ2v) is 5.27. The number of carbonyl (C=O) groups excluding carboxylic acids is 1. The number of hydrogen-bond acceptors (Lipinski definition) is 6. The minimum absolute atomic E-state index is 0.126. The fourth-order valence-corrected chi connectivity index (χ4v) is 2.13. The highest BCUT2D eigenvalue weighted by Gasteiger charge is 2.10. The first-order valence-corrected chi connectivity index (χ1v) is 7.57. The number of carbonyl (C=O) groups is 1. The maximum absolute atomic E-state index is 13.7. The highest BCUT2D eigenvalue weighted by atomic mass is 19.1. The molecule has 0 bridgehead atoms. The molecule has 26 heavy (non-hydrogen) atoms. The van der Waals surface area contributed by atoms with Crippen LogP contribution < -0.4 is 16.0 Å². The molecule has 3 rings (SSSR count). The lowest BCUT2D eigenvalue weighted by atomic mass is 10.3. The lowest BCUT2D eigenvalue weighted by molar-refractivity contribution is -0.114. The van der Waals surface area contributed by atoms with Crippen LogP contribution >= 0.6 is 0 Å². The third kappa shape index (κ3) is 4.26. The van der Waals surface area contributed by atoms with Gasteiger partial charge in [0.1, 0.15) is 17.3 Å². The summed E-state index contributed by atoms with van der Waals surface area (Å²) < 4.78 is 27.4. The fourth-order valence-electron chi connectivity index (χ4n) is 2.13. The maximum Gasteiger partial charge on any atom is 0.249 e. The summed E-state index contributed by atoms with van der Waals surface area (Å²) in [6.45, 7) is 1.42. The van der Waals surface area contributed by atoms with E-state index in [9.17, 15) is 13.6 Å². The van der Waals surface area contributed by atoms with Gasteiger partial charge >= 0.3 is 0 Å². The molecule has 132 valence electrons. The van der Waals surface area contributed by atoms with E-state index < -0.39 is 11.6 Å². The Kier molecular flexibility index (Phi) is 4.97. The summed E-state index contributed by atoms with van der Waals surface area (Å²) in [4.78, 5) is 15.1. The monoisotopic (exact) mass is 356 g/mol. The predicted octanol–water partition coefficient (Wildman–Crippen LogP) is 3.60. The summed E-state index contributed by atoms with van der Waals surface area (Å²) in [7, 11) is 0. The van der Waals surface area contributed by atoms with Crippen LogP contribution in [0.2, 0.25) is 0 Å². The molecule has 0 fully saturated rings. The van der Waals surface area contributed by atoms with E-state index in [-0.39, 0.29) is 23.4 Å². The summed E-state index contributed by atoms with van der Waals surface area (Å²) >= 11 is 0. The lowest BCUT2D eigenvalue weighted by Gasteiger charge is -2.09. The molecule has 0 aliphatic heterocycles. The molecule has 3 aromatic rings. The number of nitrogens with zero attached hydrogens (tertiary/aromatic N) is 3. The van der Waals surface area contributed by atoms with Crippen LogP contribution in [0.15, 0.2) is 48.7 Å². The Morgan fingerprint density at radius 1 is 0.962 bits per heavy atom. The highest BCUT2D eigenvalue weighted by Crippen LogP contribution is 2.22. The molecule has 0 saturated carbocycles. The van der Waals surface area contributed by atoms with Crippen molar-refractivity contribution in [1.29, 1.82) is 0 Å². The number of halogens is 2. The highest BCUT2D eigenvalue weighted by molar-refractivity contribution is 5.88. The second kappa shape index (κ2) is 7.51. The molecular weight excluding hydrogens is 342 g/mol. The summed E-state index contributed by atoms with van der Waals surface area (Å²) in [5.74, 6) is -1.39.